The Bertz CT molecular complexity index is 582. The second-order valence-corrected chi connectivity index (χ2v) is 7.61. The SMILES string of the molecule is CCNC(CSc1nc(C)cs1)c1c(C)cc(C)cc1C. The molecule has 0 bridgehead atoms. The molecule has 1 N–H and O–H groups in total. The van der Waals surface area contributed by atoms with Gasteiger partial charge in [-0.05, 0) is 50.9 Å². The molecule has 2 rings (SSSR count). The minimum Gasteiger partial charge on any atom is -0.309 e. The smallest absolute Gasteiger partial charge is 0.150 e. The zero-order valence-electron chi connectivity index (χ0n) is 13.5. The fourth-order valence-electron chi connectivity index (χ4n) is 2.78. The quantitative estimate of drug-likeness (QED) is 0.772. The third-order valence-corrected chi connectivity index (χ3v) is 5.74. The van der Waals surface area contributed by atoms with E-state index in [0.29, 0.717) is 6.04 Å². The molecule has 1 heterocycles. The molecule has 2 nitrogen and oxygen atoms in total. The summed E-state index contributed by atoms with van der Waals surface area (Å²) in [6.07, 6.45) is 0. The van der Waals surface area contributed by atoms with Crippen LogP contribution in [0.25, 0.3) is 0 Å². The lowest BCUT2D eigenvalue weighted by molar-refractivity contribution is 0.600. The van der Waals surface area contributed by atoms with Crippen LogP contribution >= 0.6 is 23.1 Å². The highest BCUT2D eigenvalue weighted by Gasteiger charge is 2.16. The normalized spacial score (nSPS) is 12.6. The average molecular weight is 321 g/mol. The predicted octanol–water partition coefficient (Wildman–Crippen LogP) is 4.82. The molecule has 1 unspecified atom stereocenters. The van der Waals surface area contributed by atoms with E-state index in [2.05, 4.69) is 62.4 Å². The first-order valence-corrected chi connectivity index (χ1v) is 9.23. The van der Waals surface area contributed by atoms with Crippen molar-refractivity contribution in [2.45, 2.75) is 45.0 Å². The molecule has 0 saturated heterocycles. The molecular weight excluding hydrogens is 296 g/mol. The third-order valence-electron chi connectivity index (χ3n) is 3.51. The van der Waals surface area contributed by atoms with Gasteiger partial charge in [-0.25, -0.2) is 4.98 Å². The van der Waals surface area contributed by atoms with E-state index in [0.717, 1.165) is 22.3 Å². The first-order valence-electron chi connectivity index (χ1n) is 7.37. The Morgan fingerprint density at radius 3 is 2.38 bits per heavy atom. The van der Waals surface area contributed by atoms with Gasteiger partial charge in [0.25, 0.3) is 0 Å². The summed E-state index contributed by atoms with van der Waals surface area (Å²) in [5.41, 5.74) is 6.67. The van der Waals surface area contributed by atoms with E-state index in [1.54, 1.807) is 11.3 Å². The fraction of sp³-hybridized carbons (Fsp3) is 0.471. The molecule has 0 fully saturated rings. The fourth-order valence-corrected chi connectivity index (χ4v) is 4.73. The number of nitrogens with zero attached hydrogens (tertiary/aromatic N) is 1. The van der Waals surface area contributed by atoms with Gasteiger partial charge in [-0.2, -0.15) is 0 Å². The van der Waals surface area contributed by atoms with Crippen LogP contribution in [0.15, 0.2) is 21.9 Å². The van der Waals surface area contributed by atoms with Crippen molar-refractivity contribution in [3.8, 4) is 0 Å². The van der Waals surface area contributed by atoms with Crippen LogP contribution in [0.1, 0.15) is 40.9 Å². The van der Waals surface area contributed by atoms with Crippen LogP contribution in [-0.4, -0.2) is 17.3 Å². The van der Waals surface area contributed by atoms with Crippen LogP contribution in [0.5, 0.6) is 0 Å². The second-order valence-electron chi connectivity index (χ2n) is 5.49. The summed E-state index contributed by atoms with van der Waals surface area (Å²) in [6, 6.07) is 4.94. The van der Waals surface area contributed by atoms with Gasteiger partial charge in [-0.1, -0.05) is 36.4 Å². The number of thioether (sulfide) groups is 1. The van der Waals surface area contributed by atoms with E-state index in [1.807, 2.05) is 11.8 Å². The number of thiazole rings is 1. The summed E-state index contributed by atoms with van der Waals surface area (Å²) in [5.74, 6) is 1.02. The van der Waals surface area contributed by atoms with E-state index in [-0.39, 0.29) is 0 Å². The maximum absolute atomic E-state index is 4.55. The molecule has 0 amide bonds. The molecule has 1 aromatic carbocycles. The minimum absolute atomic E-state index is 0.379. The van der Waals surface area contributed by atoms with Gasteiger partial charge in [-0.3, -0.25) is 0 Å². The number of rotatable bonds is 6. The number of aryl methyl sites for hydroxylation is 4. The molecule has 2 aromatic rings. The van der Waals surface area contributed by atoms with Gasteiger partial charge in [0, 0.05) is 22.9 Å². The van der Waals surface area contributed by atoms with E-state index in [9.17, 15) is 0 Å². The lowest BCUT2D eigenvalue weighted by Gasteiger charge is -2.22. The van der Waals surface area contributed by atoms with Crippen LogP contribution in [0.2, 0.25) is 0 Å². The summed E-state index contributed by atoms with van der Waals surface area (Å²) in [6.45, 7) is 11.8. The zero-order chi connectivity index (χ0) is 15.4. The monoisotopic (exact) mass is 320 g/mol. The third kappa shape index (κ3) is 4.31. The van der Waals surface area contributed by atoms with Crippen molar-refractivity contribution in [1.29, 1.82) is 0 Å². The number of hydrogen-bond donors (Lipinski definition) is 1. The Kier molecular flexibility index (Phi) is 5.85. The van der Waals surface area contributed by atoms with Crippen LogP contribution in [0.3, 0.4) is 0 Å². The van der Waals surface area contributed by atoms with E-state index in [4.69, 9.17) is 0 Å². The summed E-state index contributed by atoms with van der Waals surface area (Å²) >= 11 is 3.59. The summed E-state index contributed by atoms with van der Waals surface area (Å²) in [7, 11) is 0. The van der Waals surface area contributed by atoms with Crippen LogP contribution < -0.4 is 5.32 Å². The Labute approximate surface area is 136 Å². The predicted molar refractivity (Wildman–Crippen MR) is 94.6 cm³/mol. The van der Waals surface area contributed by atoms with Crippen LogP contribution in [-0.2, 0) is 0 Å². The van der Waals surface area contributed by atoms with Gasteiger partial charge in [0.05, 0.1) is 0 Å². The van der Waals surface area contributed by atoms with Gasteiger partial charge >= 0.3 is 0 Å². The molecule has 0 radical (unpaired) electrons. The van der Waals surface area contributed by atoms with Crippen molar-refractivity contribution in [3.05, 3.63) is 45.5 Å². The second kappa shape index (κ2) is 7.43. The highest BCUT2D eigenvalue weighted by Crippen LogP contribution is 2.30. The molecule has 4 heteroatoms. The molecule has 114 valence electrons. The summed E-state index contributed by atoms with van der Waals surface area (Å²) in [5, 5.41) is 5.75. The zero-order valence-corrected chi connectivity index (χ0v) is 15.1. The average Bonchev–Trinajstić information content (AvgIpc) is 2.80. The van der Waals surface area contributed by atoms with Crippen LogP contribution in [0, 0.1) is 27.7 Å². The first kappa shape index (κ1) is 16.5. The maximum Gasteiger partial charge on any atom is 0.150 e. The highest BCUT2D eigenvalue weighted by molar-refractivity contribution is 8.01. The summed E-state index contributed by atoms with van der Waals surface area (Å²) in [4.78, 5) is 4.55. The molecule has 0 aliphatic heterocycles. The van der Waals surface area contributed by atoms with Gasteiger partial charge in [0.1, 0.15) is 4.34 Å². The molecule has 1 atom stereocenters. The van der Waals surface area contributed by atoms with Gasteiger partial charge < -0.3 is 5.32 Å². The lowest BCUT2D eigenvalue weighted by atomic mass is 9.95. The largest absolute Gasteiger partial charge is 0.309 e. The Morgan fingerprint density at radius 1 is 1.19 bits per heavy atom. The van der Waals surface area contributed by atoms with Gasteiger partial charge in [0.2, 0.25) is 0 Å². The topological polar surface area (TPSA) is 24.9 Å². The number of benzene rings is 1. The number of aromatic nitrogens is 1. The molecular formula is C17H24N2S2. The molecule has 0 spiro atoms. The minimum atomic E-state index is 0.379. The first-order chi connectivity index (χ1) is 10.0. The van der Waals surface area contributed by atoms with Crippen molar-refractivity contribution < 1.29 is 0 Å². The Balaban J connectivity index is 2.18. The van der Waals surface area contributed by atoms with E-state index >= 15 is 0 Å². The van der Waals surface area contributed by atoms with Gasteiger partial charge in [-0.15, -0.1) is 11.3 Å². The standard InChI is InChI=1S/C17H24N2S2/c1-6-18-15(10-21-17-19-14(5)9-20-17)16-12(3)7-11(2)8-13(16)4/h7-9,15,18H,6,10H2,1-5H3. The molecule has 0 aliphatic carbocycles. The molecule has 1 aromatic heterocycles. The molecule has 21 heavy (non-hydrogen) atoms. The molecule has 0 saturated carbocycles. The van der Waals surface area contributed by atoms with Crippen LogP contribution in [0.4, 0.5) is 0 Å². The Morgan fingerprint density at radius 2 is 1.86 bits per heavy atom. The van der Waals surface area contributed by atoms with Crippen molar-refractivity contribution in [3.63, 3.8) is 0 Å². The van der Waals surface area contributed by atoms with Crippen molar-refractivity contribution in [2.24, 2.45) is 0 Å². The number of nitrogens with one attached hydrogen (secondary N) is 1. The highest BCUT2D eigenvalue weighted by atomic mass is 32.2. The van der Waals surface area contributed by atoms with E-state index in [1.165, 1.54) is 22.3 Å². The van der Waals surface area contributed by atoms with Gasteiger partial charge in [0.15, 0.2) is 0 Å². The maximum atomic E-state index is 4.55. The van der Waals surface area contributed by atoms with Crippen molar-refractivity contribution in [2.75, 3.05) is 12.3 Å². The molecule has 0 aliphatic rings. The van der Waals surface area contributed by atoms with Crippen molar-refractivity contribution >= 4 is 23.1 Å². The van der Waals surface area contributed by atoms with Crippen molar-refractivity contribution in [1.82, 2.24) is 10.3 Å². The lowest BCUT2D eigenvalue weighted by Crippen LogP contribution is -2.24. The Hall–Kier alpha value is -0.840. The number of hydrogen-bond acceptors (Lipinski definition) is 4. The summed E-state index contributed by atoms with van der Waals surface area (Å²) < 4.78 is 1.16. The van der Waals surface area contributed by atoms with E-state index < -0.39 is 0 Å².